The fraction of sp³-hybridized carbons (Fsp3) is 0.211. The van der Waals surface area contributed by atoms with Gasteiger partial charge in [0, 0.05) is 18.2 Å². The molecule has 0 bridgehead atoms. The van der Waals surface area contributed by atoms with Crippen molar-refractivity contribution in [3.05, 3.63) is 59.7 Å². The quantitative estimate of drug-likeness (QED) is 0.829. The summed E-state index contributed by atoms with van der Waals surface area (Å²) < 4.78 is 16.1. The molecule has 0 radical (unpaired) electrons. The van der Waals surface area contributed by atoms with E-state index in [9.17, 15) is 4.79 Å². The van der Waals surface area contributed by atoms with Crippen molar-refractivity contribution in [3.63, 3.8) is 0 Å². The van der Waals surface area contributed by atoms with Crippen molar-refractivity contribution in [2.24, 2.45) is 0 Å². The summed E-state index contributed by atoms with van der Waals surface area (Å²) in [6.07, 6.45) is 3.24. The molecule has 1 heterocycles. The Kier molecular flexibility index (Phi) is 5.01. The van der Waals surface area contributed by atoms with E-state index in [1.165, 1.54) is 6.08 Å². The van der Waals surface area contributed by atoms with Crippen molar-refractivity contribution in [2.45, 2.75) is 13.5 Å². The van der Waals surface area contributed by atoms with E-state index < -0.39 is 0 Å². The van der Waals surface area contributed by atoms with Gasteiger partial charge in [-0.05, 0) is 36.8 Å². The third-order valence-corrected chi connectivity index (χ3v) is 3.55. The van der Waals surface area contributed by atoms with Crippen LogP contribution in [-0.4, -0.2) is 19.3 Å². The van der Waals surface area contributed by atoms with Gasteiger partial charge in [0.2, 0.25) is 12.7 Å². The third-order valence-electron chi connectivity index (χ3n) is 3.55. The minimum atomic E-state index is -0.168. The van der Waals surface area contributed by atoms with Gasteiger partial charge in [0.1, 0.15) is 5.75 Å². The number of carbonyl (C=O) groups is 1. The highest BCUT2D eigenvalue weighted by Gasteiger charge is 2.12. The second kappa shape index (κ2) is 7.55. The Morgan fingerprint density at radius 2 is 2.04 bits per heavy atom. The molecule has 0 fully saturated rings. The van der Waals surface area contributed by atoms with Crippen LogP contribution in [0.3, 0.4) is 0 Å². The topological polar surface area (TPSA) is 56.8 Å². The van der Waals surface area contributed by atoms with E-state index in [0.717, 1.165) is 22.6 Å². The predicted molar refractivity (Wildman–Crippen MR) is 91.1 cm³/mol. The molecule has 1 N–H and O–H groups in total. The largest absolute Gasteiger partial charge is 0.494 e. The van der Waals surface area contributed by atoms with Gasteiger partial charge in [0.25, 0.3) is 0 Å². The molecule has 0 aromatic heterocycles. The van der Waals surface area contributed by atoms with Crippen molar-refractivity contribution in [1.29, 1.82) is 0 Å². The summed E-state index contributed by atoms with van der Waals surface area (Å²) in [7, 11) is 0. The average molecular weight is 325 g/mol. The lowest BCUT2D eigenvalue weighted by Gasteiger charge is -2.10. The van der Waals surface area contributed by atoms with Crippen LogP contribution in [0.1, 0.15) is 18.1 Å². The smallest absolute Gasteiger partial charge is 0.244 e. The average Bonchev–Trinajstić information content (AvgIpc) is 3.07. The van der Waals surface area contributed by atoms with E-state index in [-0.39, 0.29) is 12.7 Å². The second-order valence-corrected chi connectivity index (χ2v) is 5.20. The fourth-order valence-electron chi connectivity index (χ4n) is 2.38. The van der Waals surface area contributed by atoms with Crippen LogP contribution in [0.25, 0.3) is 6.08 Å². The number of para-hydroxylation sites is 1. The maximum atomic E-state index is 12.0. The van der Waals surface area contributed by atoms with Crippen LogP contribution in [0.4, 0.5) is 0 Å². The Morgan fingerprint density at radius 1 is 1.21 bits per heavy atom. The van der Waals surface area contributed by atoms with E-state index in [2.05, 4.69) is 5.32 Å². The number of amides is 1. The molecule has 2 aromatic rings. The minimum Gasteiger partial charge on any atom is -0.494 e. The summed E-state index contributed by atoms with van der Waals surface area (Å²) >= 11 is 0. The molecular formula is C19H19NO4. The third kappa shape index (κ3) is 3.87. The number of carbonyl (C=O) groups excluding carboxylic acids is 1. The first kappa shape index (κ1) is 15.9. The molecule has 1 aliphatic heterocycles. The molecule has 3 rings (SSSR count). The van der Waals surface area contributed by atoms with Crippen LogP contribution in [0.5, 0.6) is 17.2 Å². The fourth-order valence-corrected chi connectivity index (χ4v) is 2.38. The van der Waals surface area contributed by atoms with Crippen LogP contribution in [0.15, 0.2) is 48.5 Å². The van der Waals surface area contributed by atoms with Crippen molar-refractivity contribution in [3.8, 4) is 17.2 Å². The Balaban J connectivity index is 1.58. The molecule has 0 unspecified atom stereocenters. The summed E-state index contributed by atoms with van der Waals surface area (Å²) in [5, 5.41) is 2.86. The number of rotatable bonds is 6. The molecule has 0 spiro atoms. The van der Waals surface area contributed by atoms with Gasteiger partial charge in [-0.15, -0.1) is 0 Å². The van der Waals surface area contributed by atoms with Gasteiger partial charge in [-0.25, -0.2) is 0 Å². The van der Waals surface area contributed by atoms with Gasteiger partial charge < -0.3 is 19.5 Å². The SMILES string of the molecule is CCOc1ccccc1CNC(=O)C=Cc1ccc2c(c1)OCO2. The molecule has 5 nitrogen and oxygen atoms in total. The number of benzene rings is 2. The zero-order valence-corrected chi connectivity index (χ0v) is 13.5. The van der Waals surface area contributed by atoms with Crippen LogP contribution in [0, 0.1) is 0 Å². The molecule has 0 saturated heterocycles. The van der Waals surface area contributed by atoms with E-state index >= 15 is 0 Å². The van der Waals surface area contributed by atoms with E-state index in [1.54, 1.807) is 6.08 Å². The summed E-state index contributed by atoms with van der Waals surface area (Å²) in [6.45, 7) is 3.18. The molecule has 5 heteroatoms. The van der Waals surface area contributed by atoms with Gasteiger partial charge >= 0.3 is 0 Å². The summed E-state index contributed by atoms with van der Waals surface area (Å²) in [5.41, 5.74) is 1.83. The number of ether oxygens (including phenoxy) is 3. The summed E-state index contributed by atoms with van der Waals surface area (Å²) in [6, 6.07) is 13.2. The minimum absolute atomic E-state index is 0.168. The molecule has 0 aliphatic carbocycles. The molecule has 24 heavy (non-hydrogen) atoms. The number of nitrogens with one attached hydrogen (secondary N) is 1. The highest BCUT2D eigenvalue weighted by molar-refractivity contribution is 5.91. The summed E-state index contributed by atoms with van der Waals surface area (Å²) in [4.78, 5) is 12.0. The maximum Gasteiger partial charge on any atom is 0.244 e. The zero-order valence-electron chi connectivity index (χ0n) is 13.5. The number of hydrogen-bond donors (Lipinski definition) is 1. The van der Waals surface area contributed by atoms with Crippen LogP contribution >= 0.6 is 0 Å². The standard InChI is InChI=1S/C19H19NO4/c1-2-22-16-6-4-3-5-15(16)12-20-19(21)10-8-14-7-9-17-18(11-14)24-13-23-17/h3-11H,2,12-13H2,1H3,(H,20,21). The van der Waals surface area contributed by atoms with Crippen LogP contribution in [-0.2, 0) is 11.3 Å². The van der Waals surface area contributed by atoms with E-state index in [1.807, 2.05) is 49.4 Å². The lowest BCUT2D eigenvalue weighted by Crippen LogP contribution is -2.20. The molecule has 2 aromatic carbocycles. The molecular weight excluding hydrogens is 306 g/mol. The van der Waals surface area contributed by atoms with Gasteiger partial charge in [-0.1, -0.05) is 24.3 Å². The first-order valence-electron chi connectivity index (χ1n) is 7.82. The molecule has 1 amide bonds. The highest BCUT2D eigenvalue weighted by atomic mass is 16.7. The van der Waals surface area contributed by atoms with Crippen molar-refractivity contribution >= 4 is 12.0 Å². The van der Waals surface area contributed by atoms with Crippen LogP contribution in [0.2, 0.25) is 0 Å². The van der Waals surface area contributed by atoms with Gasteiger partial charge in [-0.2, -0.15) is 0 Å². The first-order chi connectivity index (χ1) is 11.8. The second-order valence-electron chi connectivity index (χ2n) is 5.20. The highest BCUT2D eigenvalue weighted by Crippen LogP contribution is 2.32. The molecule has 0 saturated carbocycles. The molecule has 0 atom stereocenters. The lowest BCUT2D eigenvalue weighted by atomic mass is 10.2. The molecule has 1 aliphatic rings. The maximum absolute atomic E-state index is 12.0. The first-order valence-corrected chi connectivity index (χ1v) is 7.82. The summed E-state index contributed by atoms with van der Waals surface area (Å²) in [5.74, 6) is 2.05. The van der Waals surface area contributed by atoms with Crippen LogP contribution < -0.4 is 19.5 Å². The Morgan fingerprint density at radius 3 is 2.92 bits per heavy atom. The van der Waals surface area contributed by atoms with Crippen molar-refractivity contribution in [2.75, 3.05) is 13.4 Å². The van der Waals surface area contributed by atoms with Crippen molar-refractivity contribution in [1.82, 2.24) is 5.32 Å². The molecule has 124 valence electrons. The van der Waals surface area contributed by atoms with E-state index in [4.69, 9.17) is 14.2 Å². The normalized spacial score (nSPS) is 12.4. The lowest BCUT2D eigenvalue weighted by molar-refractivity contribution is -0.116. The predicted octanol–water partition coefficient (Wildman–Crippen LogP) is 3.14. The van der Waals surface area contributed by atoms with Gasteiger partial charge in [0.15, 0.2) is 11.5 Å². The van der Waals surface area contributed by atoms with E-state index in [0.29, 0.717) is 18.9 Å². The number of hydrogen-bond acceptors (Lipinski definition) is 4. The Hall–Kier alpha value is -2.95. The number of fused-ring (bicyclic) bond motifs is 1. The monoisotopic (exact) mass is 325 g/mol. The van der Waals surface area contributed by atoms with Gasteiger partial charge in [-0.3, -0.25) is 4.79 Å². The Bertz CT molecular complexity index is 755. The zero-order chi connectivity index (χ0) is 16.8. The Labute approximate surface area is 140 Å². The van der Waals surface area contributed by atoms with Gasteiger partial charge in [0.05, 0.1) is 6.61 Å². The van der Waals surface area contributed by atoms with Crippen molar-refractivity contribution < 1.29 is 19.0 Å².